The van der Waals surface area contributed by atoms with Gasteiger partial charge in [0.2, 0.25) is 0 Å². The number of aliphatic hydroxyl groups excluding tert-OH is 1. The Balaban J connectivity index is 0.000000760. The Morgan fingerprint density at radius 2 is 1.07 bits per heavy atom. The summed E-state index contributed by atoms with van der Waals surface area (Å²) in [5, 5.41) is 25.0. The highest BCUT2D eigenvalue weighted by Crippen LogP contribution is 2.41. The third kappa shape index (κ3) is 11.8. The molecule has 1 saturated carbocycles. The summed E-state index contributed by atoms with van der Waals surface area (Å²) in [6.45, 7) is 13.0. The van der Waals surface area contributed by atoms with Crippen molar-refractivity contribution in [1.29, 1.82) is 0 Å². The summed E-state index contributed by atoms with van der Waals surface area (Å²) in [5.74, 6) is 0.0354. The molecule has 7 rings (SSSR count). The summed E-state index contributed by atoms with van der Waals surface area (Å²) in [6, 6.07) is 40.8. The lowest BCUT2D eigenvalue weighted by molar-refractivity contribution is -0.0328. The molecule has 1 fully saturated rings. The van der Waals surface area contributed by atoms with Gasteiger partial charge in [0, 0.05) is 64.8 Å². The minimum atomic E-state index is -4.26. The van der Waals surface area contributed by atoms with Crippen molar-refractivity contribution < 1.29 is 18.3 Å². The topological polar surface area (TPSA) is 82.3 Å². The van der Waals surface area contributed by atoms with Crippen LogP contribution in [0.2, 0.25) is 0 Å². The molecule has 6 aromatic rings. The molecule has 6 aromatic carbocycles. The number of halogens is 4. The summed E-state index contributed by atoms with van der Waals surface area (Å²) >= 11 is 6.21. The van der Waals surface area contributed by atoms with E-state index in [0.29, 0.717) is 0 Å². The van der Waals surface area contributed by atoms with E-state index in [2.05, 4.69) is 172 Å². The minimum Gasteiger partial charge on any atom is -0.400 e. The molecule has 2 atom stereocenters. The van der Waals surface area contributed by atoms with Crippen LogP contribution in [0.4, 0.5) is 41.6 Å². The van der Waals surface area contributed by atoms with Gasteiger partial charge in [0.05, 0.1) is 5.38 Å². The molecular weight excluding hydrogens is 785 g/mol. The predicted octanol–water partition coefficient (Wildman–Crippen LogP) is 14.0. The molecule has 0 heterocycles. The Hall–Kier alpha value is -4.67. The molecule has 0 aromatic heterocycles. The first-order valence-corrected chi connectivity index (χ1v) is 21.2. The second kappa shape index (κ2) is 20.5. The largest absolute Gasteiger partial charge is 0.455 e. The molecule has 5 nitrogen and oxygen atoms in total. The Labute approximate surface area is 357 Å². The average Bonchev–Trinajstić information content (AvgIpc) is 3.21. The van der Waals surface area contributed by atoms with Crippen molar-refractivity contribution in [3.05, 3.63) is 159 Å². The van der Waals surface area contributed by atoms with Gasteiger partial charge in [0.15, 0.2) is 0 Å². The molecule has 0 amide bonds. The number of alkyl halides is 4. The van der Waals surface area contributed by atoms with Gasteiger partial charge in [-0.2, -0.15) is 13.2 Å². The van der Waals surface area contributed by atoms with E-state index in [1.54, 1.807) is 0 Å². The van der Waals surface area contributed by atoms with Gasteiger partial charge in [0.1, 0.15) is 0 Å². The van der Waals surface area contributed by atoms with E-state index in [1.165, 1.54) is 85.1 Å². The van der Waals surface area contributed by atoms with Crippen molar-refractivity contribution in [3.8, 4) is 0 Å². The molecule has 0 saturated heterocycles. The molecule has 0 spiro atoms. The summed E-state index contributed by atoms with van der Waals surface area (Å²) in [5.41, 5.74) is 12.8. The van der Waals surface area contributed by atoms with Crippen LogP contribution >= 0.6 is 23.5 Å². The molecule has 10 heteroatoms. The van der Waals surface area contributed by atoms with Crippen LogP contribution in [0.3, 0.4) is 0 Å². The van der Waals surface area contributed by atoms with Gasteiger partial charge in [-0.25, -0.2) is 0 Å². The maximum atomic E-state index is 10.6. The lowest BCUT2D eigenvalue weighted by Crippen LogP contribution is -2.32. The van der Waals surface area contributed by atoms with Gasteiger partial charge in [-0.1, -0.05) is 103 Å². The summed E-state index contributed by atoms with van der Waals surface area (Å²) < 4.78 is 31.9. The van der Waals surface area contributed by atoms with E-state index in [9.17, 15) is 13.2 Å². The van der Waals surface area contributed by atoms with Crippen LogP contribution < -0.4 is 21.1 Å². The maximum Gasteiger partial charge on any atom is 0.455 e. The molecule has 2 unspecified atom stereocenters. The number of anilines is 5. The molecule has 0 radical (unpaired) electrons. The number of benzene rings is 6. The zero-order valence-electron chi connectivity index (χ0n) is 34.9. The van der Waals surface area contributed by atoms with Crippen LogP contribution in [-0.4, -0.2) is 29.1 Å². The second-order valence-corrected chi connectivity index (χ2v) is 16.6. The Bertz CT molecular complexity index is 2170. The van der Waals surface area contributed by atoms with E-state index in [4.69, 9.17) is 16.7 Å². The van der Waals surface area contributed by atoms with Crippen LogP contribution in [0, 0.1) is 41.5 Å². The zero-order valence-corrected chi connectivity index (χ0v) is 36.5. The summed E-state index contributed by atoms with van der Waals surface area (Å²) in [6.07, 6.45) is 4.61. The molecule has 0 bridgehead atoms. The summed E-state index contributed by atoms with van der Waals surface area (Å²) in [4.78, 5) is 0. The number of nitrogens with one attached hydrogen (secondary N) is 3. The summed E-state index contributed by atoms with van der Waals surface area (Å²) in [7, 11) is 1.00. The third-order valence-corrected chi connectivity index (χ3v) is 11.6. The highest BCUT2D eigenvalue weighted by Gasteiger charge is 2.26. The maximum absolute atomic E-state index is 10.6. The van der Waals surface area contributed by atoms with Gasteiger partial charge in [-0.05, 0) is 129 Å². The second-order valence-electron chi connectivity index (χ2n) is 15.3. The zero-order chi connectivity index (χ0) is 42.9. The number of hydrogen-bond acceptors (Lipinski definition) is 6. The number of hydrogen-bond donors (Lipinski definition) is 5. The van der Waals surface area contributed by atoms with Crippen molar-refractivity contribution >= 4 is 62.8 Å². The lowest BCUT2D eigenvalue weighted by atomic mass is 9.82. The van der Waals surface area contributed by atoms with E-state index < -0.39 is 17.5 Å². The number of aliphatic hydroxyl groups is 1. The monoisotopic (exact) mass is 840 g/mol. The first-order valence-electron chi connectivity index (χ1n) is 19.9. The van der Waals surface area contributed by atoms with Gasteiger partial charge in [-0.15, -0.1) is 11.6 Å². The van der Waals surface area contributed by atoms with Crippen molar-refractivity contribution in [2.24, 2.45) is 5.14 Å². The fraction of sp³-hybridized carbons (Fsp3) is 0.306. The first-order chi connectivity index (χ1) is 28.2. The third-order valence-electron chi connectivity index (χ3n) is 10.8. The van der Waals surface area contributed by atoms with Crippen LogP contribution in [-0.2, 0) is 0 Å². The number of fused-ring (bicyclic) bond motifs is 1. The molecule has 59 heavy (non-hydrogen) atoms. The molecule has 1 aliphatic rings. The minimum absolute atomic E-state index is 0.0354. The van der Waals surface area contributed by atoms with Crippen molar-refractivity contribution in [1.82, 2.24) is 0 Å². The molecule has 0 aliphatic heterocycles. The number of rotatable bonds is 9. The van der Waals surface area contributed by atoms with Crippen LogP contribution in [0.1, 0.15) is 81.7 Å². The fourth-order valence-electron chi connectivity index (χ4n) is 8.26. The smallest absolute Gasteiger partial charge is 0.400 e. The van der Waals surface area contributed by atoms with Gasteiger partial charge in [-0.3, -0.25) is 5.14 Å². The number of aryl methyl sites for hydroxylation is 6. The SMILES string of the molecule is CO.Cc1cc(C)c(Nc2ccc(C(c3ccc(Nc4c(C)cc(C)cc4C)cc3)c3ccc(NC4CCCCC4Cl)c4ccccc34)cc2)c(C)c1.NSC(F)(F)F. The normalized spacial score (nSPS) is 15.2. The van der Waals surface area contributed by atoms with E-state index in [-0.39, 0.29) is 17.3 Å². The van der Waals surface area contributed by atoms with Crippen molar-refractivity contribution in [2.45, 2.75) is 90.1 Å². The van der Waals surface area contributed by atoms with Gasteiger partial charge < -0.3 is 21.1 Å². The van der Waals surface area contributed by atoms with Crippen molar-refractivity contribution in [3.63, 3.8) is 0 Å². The standard InChI is InChI=1S/C47H50ClN3.CH2F3NS.CH4O/c1-29-25-31(3)46(32(4)26-29)49-37-19-15-35(16-20-37)45(36-17-21-38(22-18-36)50-47-33(5)27-30(2)28-34(47)6)41-23-24-43(40-12-8-7-11-39(40)41)51-44-14-10-9-13-42(44)48;2-1(3,4)6-5;1-2/h7-8,11-12,15-28,42,44-45,49-51H,9-10,13-14H2,1-6H3;5H2;2H,1H3. The molecular formula is C49H56ClF3N4OS. The molecule has 1 aliphatic carbocycles. The van der Waals surface area contributed by atoms with E-state index in [0.717, 1.165) is 37.0 Å². The van der Waals surface area contributed by atoms with Crippen molar-refractivity contribution in [2.75, 3.05) is 23.1 Å². The van der Waals surface area contributed by atoms with Crippen LogP contribution in [0.25, 0.3) is 10.8 Å². The quantitative estimate of drug-likeness (QED) is 0.0567. The van der Waals surface area contributed by atoms with Gasteiger partial charge in [0.25, 0.3) is 0 Å². The highest BCUT2D eigenvalue weighted by atomic mass is 35.5. The predicted molar refractivity (Wildman–Crippen MR) is 247 cm³/mol. The van der Waals surface area contributed by atoms with Gasteiger partial charge >= 0.3 is 5.51 Å². The Kier molecular flexibility index (Phi) is 15.8. The molecule has 6 N–H and O–H groups in total. The number of nitrogens with two attached hydrogens (primary N) is 1. The fourth-order valence-corrected chi connectivity index (χ4v) is 8.60. The molecule has 312 valence electrons. The lowest BCUT2D eigenvalue weighted by Gasteiger charge is -2.30. The Morgan fingerprint density at radius 1 is 0.644 bits per heavy atom. The first kappa shape index (κ1) is 45.4. The van der Waals surface area contributed by atoms with Crippen LogP contribution in [0.5, 0.6) is 0 Å². The Morgan fingerprint density at radius 3 is 1.49 bits per heavy atom. The van der Waals surface area contributed by atoms with Crippen LogP contribution in [0.15, 0.2) is 109 Å². The average molecular weight is 842 g/mol. The van der Waals surface area contributed by atoms with E-state index in [1.807, 2.05) is 0 Å². The van der Waals surface area contributed by atoms with E-state index >= 15 is 0 Å². The highest BCUT2D eigenvalue weighted by molar-refractivity contribution is 7.97.